The maximum atomic E-state index is 13.4. The van der Waals surface area contributed by atoms with Crippen LogP contribution < -0.4 is 4.90 Å². The normalized spacial score (nSPS) is 12.2. The lowest BCUT2D eigenvalue weighted by Crippen LogP contribution is -2.36. The highest BCUT2D eigenvalue weighted by Crippen LogP contribution is 2.24. The Labute approximate surface area is 105 Å². The first kappa shape index (κ1) is 14.4. The number of anilines is 1. The fourth-order valence-corrected chi connectivity index (χ4v) is 1.91. The summed E-state index contributed by atoms with van der Waals surface area (Å²) in [5.41, 5.74) is 0.252. The first-order valence-electron chi connectivity index (χ1n) is 5.70. The van der Waals surface area contributed by atoms with Gasteiger partial charge in [0.2, 0.25) is 0 Å². The molecule has 1 atom stereocenters. The summed E-state index contributed by atoms with van der Waals surface area (Å²) in [5.74, 6) is -0.609. The van der Waals surface area contributed by atoms with Crippen LogP contribution >= 0.6 is 0 Å². The Morgan fingerprint density at radius 1 is 1.50 bits per heavy atom. The average molecular weight is 256 g/mol. The number of nitro benzene ring substituents is 1. The molecule has 0 aliphatic rings. The van der Waals surface area contributed by atoms with Gasteiger partial charge in [0.05, 0.1) is 17.6 Å². The first-order chi connectivity index (χ1) is 8.49. The van der Waals surface area contributed by atoms with Crippen molar-refractivity contribution in [3.63, 3.8) is 0 Å². The molecule has 0 aromatic heterocycles. The summed E-state index contributed by atoms with van der Waals surface area (Å²) in [5, 5.41) is 10.7. The molecule has 0 N–H and O–H groups in total. The van der Waals surface area contributed by atoms with Crippen LogP contribution in [0.3, 0.4) is 0 Å². The smallest absolute Gasteiger partial charge is 0.274 e. The van der Waals surface area contributed by atoms with E-state index in [1.165, 1.54) is 12.1 Å². The van der Waals surface area contributed by atoms with E-state index in [0.29, 0.717) is 18.8 Å². The maximum absolute atomic E-state index is 13.4. The van der Waals surface area contributed by atoms with E-state index in [-0.39, 0.29) is 11.7 Å². The topological polar surface area (TPSA) is 55.6 Å². The summed E-state index contributed by atoms with van der Waals surface area (Å²) in [6, 6.07) is 3.60. The van der Waals surface area contributed by atoms with Gasteiger partial charge in [-0.3, -0.25) is 10.1 Å². The highest BCUT2D eigenvalue weighted by molar-refractivity contribution is 5.54. The van der Waals surface area contributed by atoms with E-state index in [9.17, 15) is 14.5 Å². The van der Waals surface area contributed by atoms with Crippen molar-refractivity contribution in [2.24, 2.45) is 0 Å². The van der Waals surface area contributed by atoms with Crippen molar-refractivity contribution in [3.05, 3.63) is 34.1 Å². The van der Waals surface area contributed by atoms with Crippen LogP contribution in [0.15, 0.2) is 18.2 Å². The summed E-state index contributed by atoms with van der Waals surface area (Å²) in [4.78, 5) is 12.0. The van der Waals surface area contributed by atoms with Crippen molar-refractivity contribution in [3.8, 4) is 0 Å². The number of hydrogen-bond acceptors (Lipinski definition) is 4. The molecule has 0 bridgehead atoms. The summed E-state index contributed by atoms with van der Waals surface area (Å²) in [6.45, 7) is 4.91. The predicted molar refractivity (Wildman–Crippen MR) is 67.4 cm³/mol. The Balaban J connectivity index is 3.09. The molecule has 1 aromatic carbocycles. The Kier molecular flexibility index (Phi) is 5.03. The zero-order chi connectivity index (χ0) is 13.7. The minimum absolute atomic E-state index is 0.0152. The molecular formula is C12H17FN2O3. The molecule has 1 aromatic rings. The van der Waals surface area contributed by atoms with Gasteiger partial charge in [-0.2, -0.15) is 0 Å². The van der Waals surface area contributed by atoms with Gasteiger partial charge in [0, 0.05) is 31.5 Å². The molecule has 100 valence electrons. The van der Waals surface area contributed by atoms with E-state index in [1.54, 1.807) is 7.11 Å². The fraction of sp³-hybridized carbons (Fsp3) is 0.500. The van der Waals surface area contributed by atoms with Crippen LogP contribution in [0.4, 0.5) is 15.8 Å². The number of benzene rings is 1. The second-order valence-electron chi connectivity index (χ2n) is 4.02. The number of nitro groups is 1. The Bertz CT molecular complexity index is 426. The third-order valence-electron chi connectivity index (χ3n) is 2.69. The number of hydrogen-bond donors (Lipinski definition) is 0. The van der Waals surface area contributed by atoms with Crippen LogP contribution in [-0.2, 0) is 4.74 Å². The molecule has 0 saturated carbocycles. The summed E-state index contributed by atoms with van der Waals surface area (Å²) in [6.07, 6.45) is 0. The second-order valence-corrected chi connectivity index (χ2v) is 4.02. The van der Waals surface area contributed by atoms with E-state index in [0.717, 1.165) is 6.07 Å². The molecule has 0 spiro atoms. The Morgan fingerprint density at radius 2 is 2.17 bits per heavy atom. The van der Waals surface area contributed by atoms with Crippen LogP contribution in [0.2, 0.25) is 0 Å². The monoisotopic (exact) mass is 256 g/mol. The number of likely N-dealkylation sites (N-methyl/N-ethyl adjacent to an activating group) is 1. The van der Waals surface area contributed by atoms with Crippen LogP contribution in [0.5, 0.6) is 0 Å². The molecule has 6 heteroatoms. The minimum atomic E-state index is -0.609. The summed E-state index contributed by atoms with van der Waals surface area (Å²) < 4.78 is 18.4. The Hall–Kier alpha value is -1.69. The third kappa shape index (κ3) is 3.40. The van der Waals surface area contributed by atoms with Crippen molar-refractivity contribution >= 4 is 11.4 Å². The lowest BCUT2D eigenvalue weighted by Gasteiger charge is -2.29. The highest BCUT2D eigenvalue weighted by atomic mass is 19.1. The van der Waals surface area contributed by atoms with E-state index in [2.05, 4.69) is 0 Å². The van der Waals surface area contributed by atoms with Crippen molar-refractivity contribution < 1.29 is 14.1 Å². The van der Waals surface area contributed by atoms with Gasteiger partial charge in [-0.25, -0.2) is 4.39 Å². The van der Waals surface area contributed by atoms with E-state index in [4.69, 9.17) is 4.74 Å². The van der Waals surface area contributed by atoms with Crippen molar-refractivity contribution in [2.45, 2.75) is 19.9 Å². The van der Waals surface area contributed by atoms with Gasteiger partial charge >= 0.3 is 0 Å². The molecule has 0 saturated heterocycles. The standard InChI is InChI=1S/C12H17FN2O3/c1-4-14(9(2)8-18-3)11-5-10(13)6-12(7-11)15(16)17/h5-7,9H,4,8H2,1-3H3. The number of nitrogens with zero attached hydrogens (tertiary/aromatic N) is 2. The summed E-state index contributed by atoms with van der Waals surface area (Å²) in [7, 11) is 1.58. The Morgan fingerprint density at radius 3 is 2.67 bits per heavy atom. The quantitative estimate of drug-likeness (QED) is 0.580. The molecule has 18 heavy (non-hydrogen) atoms. The average Bonchev–Trinajstić information content (AvgIpc) is 2.29. The maximum Gasteiger partial charge on any atom is 0.274 e. The molecule has 0 fully saturated rings. The largest absolute Gasteiger partial charge is 0.383 e. The van der Waals surface area contributed by atoms with E-state index < -0.39 is 10.7 Å². The zero-order valence-corrected chi connectivity index (χ0v) is 10.7. The second kappa shape index (κ2) is 6.30. The minimum Gasteiger partial charge on any atom is -0.383 e. The van der Waals surface area contributed by atoms with Gasteiger partial charge < -0.3 is 9.64 Å². The van der Waals surface area contributed by atoms with Gasteiger partial charge in [0.1, 0.15) is 5.82 Å². The van der Waals surface area contributed by atoms with Gasteiger partial charge in [0.15, 0.2) is 0 Å². The van der Waals surface area contributed by atoms with Crippen molar-refractivity contribution in [2.75, 3.05) is 25.2 Å². The molecule has 0 heterocycles. The van der Waals surface area contributed by atoms with Gasteiger partial charge in [-0.1, -0.05) is 0 Å². The number of halogens is 1. The molecule has 0 radical (unpaired) electrons. The van der Waals surface area contributed by atoms with E-state index in [1.807, 2.05) is 18.7 Å². The third-order valence-corrected chi connectivity index (χ3v) is 2.69. The molecule has 5 nitrogen and oxygen atoms in total. The molecule has 1 unspecified atom stereocenters. The van der Waals surface area contributed by atoms with Crippen molar-refractivity contribution in [1.29, 1.82) is 0 Å². The van der Waals surface area contributed by atoms with Crippen LogP contribution in [0.25, 0.3) is 0 Å². The lowest BCUT2D eigenvalue weighted by molar-refractivity contribution is -0.385. The molecule has 0 aliphatic heterocycles. The number of ether oxygens (including phenoxy) is 1. The highest BCUT2D eigenvalue weighted by Gasteiger charge is 2.17. The first-order valence-corrected chi connectivity index (χ1v) is 5.70. The molecule has 0 aliphatic carbocycles. The van der Waals surface area contributed by atoms with Crippen LogP contribution in [-0.4, -0.2) is 31.2 Å². The number of methoxy groups -OCH3 is 1. The van der Waals surface area contributed by atoms with Crippen LogP contribution in [0, 0.1) is 15.9 Å². The van der Waals surface area contributed by atoms with E-state index >= 15 is 0 Å². The predicted octanol–water partition coefficient (Wildman–Crippen LogP) is 2.60. The SMILES string of the molecule is CCN(c1cc(F)cc([N+](=O)[O-])c1)C(C)COC. The van der Waals surface area contributed by atoms with Gasteiger partial charge in [0.25, 0.3) is 5.69 Å². The molecule has 1 rings (SSSR count). The summed E-state index contributed by atoms with van der Waals surface area (Å²) >= 11 is 0. The lowest BCUT2D eigenvalue weighted by atomic mass is 10.2. The molecule has 0 amide bonds. The van der Waals surface area contributed by atoms with Crippen molar-refractivity contribution in [1.82, 2.24) is 0 Å². The fourth-order valence-electron chi connectivity index (χ4n) is 1.91. The zero-order valence-electron chi connectivity index (χ0n) is 10.7. The van der Waals surface area contributed by atoms with Gasteiger partial charge in [-0.05, 0) is 19.9 Å². The number of non-ortho nitro benzene ring substituents is 1. The van der Waals surface area contributed by atoms with Gasteiger partial charge in [-0.15, -0.1) is 0 Å². The number of rotatable bonds is 6. The van der Waals surface area contributed by atoms with Crippen LogP contribution in [0.1, 0.15) is 13.8 Å². The molecular weight excluding hydrogens is 239 g/mol.